The molecule has 0 aromatic heterocycles. The van der Waals surface area contributed by atoms with Crippen LogP contribution in [-0.4, -0.2) is 16.3 Å². The zero-order chi connectivity index (χ0) is 9.68. The van der Waals surface area contributed by atoms with Gasteiger partial charge in [0.1, 0.15) is 6.10 Å². The fourth-order valence-corrected chi connectivity index (χ4v) is 1.17. The molecule has 2 nitrogen and oxygen atoms in total. The van der Waals surface area contributed by atoms with E-state index in [1.807, 2.05) is 18.2 Å². The van der Waals surface area contributed by atoms with Crippen molar-refractivity contribution in [3.8, 4) is 0 Å². The molecule has 70 valence electrons. The van der Waals surface area contributed by atoms with Gasteiger partial charge in [0.2, 0.25) is 0 Å². The van der Waals surface area contributed by atoms with Gasteiger partial charge in [0.15, 0.2) is 0 Å². The minimum Gasteiger partial charge on any atom is -0.390 e. The molecule has 1 rings (SSSR count). The van der Waals surface area contributed by atoms with Gasteiger partial charge in [-0.1, -0.05) is 36.4 Å². The van der Waals surface area contributed by atoms with Crippen LogP contribution in [0, 0.1) is 0 Å². The summed E-state index contributed by atoms with van der Waals surface area (Å²) in [6.45, 7) is 3.51. The standard InChI is InChI=1S/C11H14O2/c1-2-6-10(12)11(13)9-7-4-3-5-8-9/h2-5,7-8,10-13H,1,6H2/t10-,11-/m1/s1. The van der Waals surface area contributed by atoms with Crippen LogP contribution in [0.5, 0.6) is 0 Å². The Morgan fingerprint density at radius 1 is 1.23 bits per heavy atom. The highest BCUT2D eigenvalue weighted by molar-refractivity contribution is 5.18. The topological polar surface area (TPSA) is 40.5 Å². The maximum atomic E-state index is 9.62. The first kappa shape index (κ1) is 9.96. The van der Waals surface area contributed by atoms with E-state index in [0.717, 1.165) is 5.56 Å². The maximum absolute atomic E-state index is 9.62. The third-order valence-corrected chi connectivity index (χ3v) is 1.91. The molecule has 0 aliphatic carbocycles. The zero-order valence-corrected chi connectivity index (χ0v) is 7.43. The molecule has 2 heteroatoms. The van der Waals surface area contributed by atoms with Crippen molar-refractivity contribution in [2.45, 2.75) is 18.6 Å². The van der Waals surface area contributed by atoms with Crippen LogP contribution in [0.1, 0.15) is 18.1 Å². The van der Waals surface area contributed by atoms with Gasteiger partial charge in [-0.3, -0.25) is 0 Å². The molecular formula is C11H14O2. The minimum atomic E-state index is -0.820. The molecule has 0 heterocycles. The highest BCUT2D eigenvalue weighted by Crippen LogP contribution is 2.18. The lowest BCUT2D eigenvalue weighted by Crippen LogP contribution is -2.16. The number of hydrogen-bond acceptors (Lipinski definition) is 2. The second-order valence-electron chi connectivity index (χ2n) is 2.95. The summed E-state index contributed by atoms with van der Waals surface area (Å²) in [4.78, 5) is 0. The SMILES string of the molecule is C=CC[C@@H](O)[C@H](O)c1ccccc1. The first-order chi connectivity index (χ1) is 6.25. The van der Waals surface area contributed by atoms with Crippen molar-refractivity contribution >= 4 is 0 Å². The van der Waals surface area contributed by atoms with Gasteiger partial charge in [-0.05, 0) is 12.0 Å². The van der Waals surface area contributed by atoms with Gasteiger partial charge in [-0.2, -0.15) is 0 Å². The Morgan fingerprint density at radius 3 is 2.38 bits per heavy atom. The Kier molecular flexibility index (Phi) is 3.68. The molecule has 0 saturated carbocycles. The molecule has 2 N–H and O–H groups in total. The van der Waals surface area contributed by atoms with Crippen molar-refractivity contribution in [1.82, 2.24) is 0 Å². The van der Waals surface area contributed by atoms with Gasteiger partial charge < -0.3 is 10.2 Å². The molecule has 0 radical (unpaired) electrons. The number of aliphatic hydroxyl groups excluding tert-OH is 2. The predicted molar refractivity (Wildman–Crippen MR) is 52.2 cm³/mol. The predicted octanol–water partition coefficient (Wildman–Crippen LogP) is 1.66. The average Bonchev–Trinajstić information content (AvgIpc) is 2.18. The van der Waals surface area contributed by atoms with Crippen molar-refractivity contribution in [1.29, 1.82) is 0 Å². The van der Waals surface area contributed by atoms with E-state index in [1.54, 1.807) is 18.2 Å². The summed E-state index contributed by atoms with van der Waals surface area (Å²) in [5.41, 5.74) is 0.733. The molecule has 0 aliphatic rings. The Hall–Kier alpha value is -1.12. The highest BCUT2D eigenvalue weighted by atomic mass is 16.3. The fourth-order valence-electron chi connectivity index (χ4n) is 1.17. The fraction of sp³-hybridized carbons (Fsp3) is 0.273. The molecule has 1 aromatic rings. The van der Waals surface area contributed by atoms with E-state index in [1.165, 1.54) is 0 Å². The Labute approximate surface area is 78.2 Å². The van der Waals surface area contributed by atoms with Crippen molar-refractivity contribution in [3.05, 3.63) is 48.6 Å². The van der Waals surface area contributed by atoms with Crippen molar-refractivity contribution < 1.29 is 10.2 Å². The van der Waals surface area contributed by atoms with Crippen LogP contribution < -0.4 is 0 Å². The quantitative estimate of drug-likeness (QED) is 0.688. The highest BCUT2D eigenvalue weighted by Gasteiger charge is 2.15. The molecule has 0 bridgehead atoms. The number of rotatable bonds is 4. The normalized spacial score (nSPS) is 14.9. The van der Waals surface area contributed by atoms with Crippen molar-refractivity contribution in [3.63, 3.8) is 0 Å². The second kappa shape index (κ2) is 4.80. The van der Waals surface area contributed by atoms with Crippen LogP contribution in [0.3, 0.4) is 0 Å². The van der Waals surface area contributed by atoms with Gasteiger partial charge in [0.05, 0.1) is 6.10 Å². The van der Waals surface area contributed by atoms with E-state index >= 15 is 0 Å². The summed E-state index contributed by atoms with van der Waals surface area (Å²) < 4.78 is 0. The average molecular weight is 178 g/mol. The summed E-state index contributed by atoms with van der Waals surface area (Å²) in [6, 6.07) is 9.11. The molecule has 0 saturated heterocycles. The lowest BCUT2D eigenvalue weighted by Gasteiger charge is -2.16. The molecule has 2 atom stereocenters. The second-order valence-corrected chi connectivity index (χ2v) is 2.95. The van der Waals surface area contributed by atoms with E-state index in [9.17, 15) is 10.2 Å². The molecule has 1 aromatic carbocycles. The van der Waals surface area contributed by atoms with Crippen LogP contribution in [0.4, 0.5) is 0 Å². The number of aliphatic hydroxyl groups is 2. The Balaban J connectivity index is 2.67. The summed E-state index contributed by atoms with van der Waals surface area (Å²) >= 11 is 0. The molecule has 0 aliphatic heterocycles. The molecule has 0 amide bonds. The van der Waals surface area contributed by atoms with Gasteiger partial charge in [0.25, 0.3) is 0 Å². The molecule has 13 heavy (non-hydrogen) atoms. The lowest BCUT2D eigenvalue weighted by atomic mass is 10.0. The van der Waals surface area contributed by atoms with E-state index in [-0.39, 0.29) is 0 Å². The van der Waals surface area contributed by atoms with Gasteiger partial charge in [-0.25, -0.2) is 0 Å². The van der Waals surface area contributed by atoms with E-state index in [0.29, 0.717) is 6.42 Å². The van der Waals surface area contributed by atoms with Crippen LogP contribution >= 0.6 is 0 Å². The van der Waals surface area contributed by atoms with Crippen LogP contribution in [-0.2, 0) is 0 Å². The van der Waals surface area contributed by atoms with Crippen LogP contribution in [0.2, 0.25) is 0 Å². The summed E-state index contributed by atoms with van der Waals surface area (Å²) in [5.74, 6) is 0. The van der Waals surface area contributed by atoms with E-state index < -0.39 is 12.2 Å². The number of benzene rings is 1. The zero-order valence-electron chi connectivity index (χ0n) is 7.43. The van der Waals surface area contributed by atoms with Gasteiger partial charge in [0, 0.05) is 0 Å². The molecule has 0 fully saturated rings. The third kappa shape index (κ3) is 2.68. The largest absolute Gasteiger partial charge is 0.390 e. The summed E-state index contributed by atoms with van der Waals surface area (Å²) in [6.07, 6.45) is 0.409. The molecule has 0 unspecified atom stereocenters. The van der Waals surface area contributed by atoms with E-state index in [2.05, 4.69) is 6.58 Å². The minimum absolute atomic E-state index is 0.399. The molecule has 0 spiro atoms. The van der Waals surface area contributed by atoms with E-state index in [4.69, 9.17) is 0 Å². The first-order valence-corrected chi connectivity index (χ1v) is 4.27. The Morgan fingerprint density at radius 2 is 1.85 bits per heavy atom. The first-order valence-electron chi connectivity index (χ1n) is 4.27. The van der Waals surface area contributed by atoms with Crippen molar-refractivity contribution in [2.75, 3.05) is 0 Å². The Bertz CT molecular complexity index is 256. The van der Waals surface area contributed by atoms with Crippen molar-refractivity contribution in [2.24, 2.45) is 0 Å². The van der Waals surface area contributed by atoms with Crippen LogP contribution in [0.25, 0.3) is 0 Å². The third-order valence-electron chi connectivity index (χ3n) is 1.91. The number of hydrogen-bond donors (Lipinski definition) is 2. The monoisotopic (exact) mass is 178 g/mol. The van der Waals surface area contributed by atoms with Crippen LogP contribution in [0.15, 0.2) is 43.0 Å². The van der Waals surface area contributed by atoms with Gasteiger partial charge >= 0.3 is 0 Å². The summed E-state index contributed by atoms with van der Waals surface area (Å²) in [7, 11) is 0. The maximum Gasteiger partial charge on any atom is 0.105 e. The lowest BCUT2D eigenvalue weighted by molar-refractivity contribution is 0.0206. The molecular weight excluding hydrogens is 164 g/mol. The smallest absolute Gasteiger partial charge is 0.105 e. The van der Waals surface area contributed by atoms with Gasteiger partial charge in [-0.15, -0.1) is 6.58 Å². The summed E-state index contributed by atoms with van der Waals surface area (Å²) in [5, 5.41) is 19.1.